The van der Waals surface area contributed by atoms with Crippen molar-refractivity contribution < 1.29 is 0 Å². The summed E-state index contributed by atoms with van der Waals surface area (Å²) in [6.07, 6.45) is 7.54. The maximum absolute atomic E-state index is 4.46. The Balaban J connectivity index is 1.61. The highest BCUT2D eigenvalue weighted by Crippen LogP contribution is 2.20. The van der Waals surface area contributed by atoms with Gasteiger partial charge in [-0.05, 0) is 41.3 Å². The van der Waals surface area contributed by atoms with Crippen molar-refractivity contribution >= 4 is 16.7 Å². The Morgan fingerprint density at radius 3 is 2.69 bits per heavy atom. The number of aromatic amines is 1. The summed E-state index contributed by atoms with van der Waals surface area (Å²) in [4.78, 5) is 11.9. The van der Waals surface area contributed by atoms with Gasteiger partial charge in [0.15, 0.2) is 0 Å². The predicted molar refractivity (Wildman–Crippen MR) is 103 cm³/mol. The van der Waals surface area contributed by atoms with Crippen LogP contribution in [0.15, 0.2) is 79.4 Å². The van der Waals surface area contributed by atoms with E-state index in [2.05, 4.69) is 51.2 Å². The van der Waals surface area contributed by atoms with Crippen molar-refractivity contribution in [2.24, 2.45) is 0 Å². The molecular formula is C22H14N4. The summed E-state index contributed by atoms with van der Waals surface area (Å²) in [5, 5.41) is 1.03. The van der Waals surface area contributed by atoms with Gasteiger partial charge in [-0.2, -0.15) is 0 Å². The van der Waals surface area contributed by atoms with Crippen molar-refractivity contribution in [3.8, 4) is 23.0 Å². The second-order valence-electron chi connectivity index (χ2n) is 6.00. The molecule has 4 heterocycles. The van der Waals surface area contributed by atoms with Crippen LogP contribution in [0.5, 0.6) is 0 Å². The standard InChI is InChI=1S/C22H14N4/c1-2-4-16(5-3-1)18-7-9-21-25-14-19(26(21)15-18)8-6-17-10-12-23-22-20(17)11-13-24-22/h1-5,7,9-15H,(H,23,24). The number of hydrogen-bond acceptors (Lipinski definition) is 2. The van der Waals surface area contributed by atoms with Gasteiger partial charge in [0.1, 0.15) is 17.0 Å². The van der Waals surface area contributed by atoms with Crippen LogP contribution >= 0.6 is 0 Å². The highest BCUT2D eigenvalue weighted by molar-refractivity contribution is 5.82. The average Bonchev–Trinajstić information content (AvgIpc) is 3.33. The van der Waals surface area contributed by atoms with Crippen LogP contribution in [0, 0.1) is 11.8 Å². The number of nitrogens with one attached hydrogen (secondary N) is 1. The van der Waals surface area contributed by atoms with E-state index in [9.17, 15) is 0 Å². The number of nitrogens with zero attached hydrogens (tertiary/aromatic N) is 3. The van der Waals surface area contributed by atoms with Crippen molar-refractivity contribution in [3.63, 3.8) is 0 Å². The molecule has 0 saturated carbocycles. The summed E-state index contributed by atoms with van der Waals surface area (Å²) in [6, 6.07) is 18.3. The third kappa shape index (κ3) is 2.43. The normalized spacial score (nSPS) is 10.8. The molecule has 122 valence electrons. The lowest BCUT2D eigenvalue weighted by atomic mass is 10.1. The number of hydrogen-bond donors (Lipinski definition) is 1. The zero-order chi connectivity index (χ0) is 17.3. The molecule has 1 N–H and O–H groups in total. The summed E-state index contributed by atoms with van der Waals surface area (Å²) in [5.41, 5.74) is 5.85. The average molecular weight is 334 g/mol. The molecule has 4 nitrogen and oxygen atoms in total. The molecule has 0 unspecified atom stereocenters. The molecule has 0 spiro atoms. The van der Waals surface area contributed by atoms with Crippen molar-refractivity contribution in [2.75, 3.05) is 0 Å². The molecule has 0 radical (unpaired) electrons. The van der Waals surface area contributed by atoms with Gasteiger partial charge in [-0.15, -0.1) is 0 Å². The fourth-order valence-corrected chi connectivity index (χ4v) is 3.08. The first-order valence-electron chi connectivity index (χ1n) is 8.35. The summed E-state index contributed by atoms with van der Waals surface area (Å²) in [6.45, 7) is 0. The van der Waals surface area contributed by atoms with E-state index < -0.39 is 0 Å². The number of fused-ring (bicyclic) bond motifs is 2. The second kappa shape index (κ2) is 5.91. The third-order valence-corrected chi connectivity index (χ3v) is 4.40. The molecule has 0 bridgehead atoms. The minimum atomic E-state index is 0.848. The summed E-state index contributed by atoms with van der Waals surface area (Å²) >= 11 is 0. The zero-order valence-corrected chi connectivity index (χ0v) is 13.8. The van der Waals surface area contributed by atoms with Crippen LogP contribution < -0.4 is 0 Å². The van der Waals surface area contributed by atoms with E-state index in [4.69, 9.17) is 0 Å². The SMILES string of the molecule is C(#Cc1cnc2ccc(-c3ccccc3)cn12)c1ccnc2[nH]ccc12. The molecule has 4 aromatic heterocycles. The molecule has 5 aromatic rings. The van der Waals surface area contributed by atoms with E-state index in [1.807, 2.05) is 53.2 Å². The summed E-state index contributed by atoms with van der Waals surface area (Å²) in [7, 11) is 0. The van der Waals surface area contributed by atoms with Crippen LogP contribution in [-0.4, -0.2) is 19.4 Å². The molecule has 0 aliphatic rings. The van der Waals surface area contributed by atoms with Crippen LogP contribution in [0.4, 0.5) is 0 Å². The van der Waals surface area contributed by atoms with Gasteiger partial charge in [0.25, 0.3) is 0 Å². The fraction of sp³-hybridized carbons (Fsp3) is 0. The lowest BCUT2D eigenvalue weighted by Gasteiger charge is -2.03. The first kappa shape index (κ1) is 14.5. The number of benzene rings is 1. The minimum absolute atomic E-state index is 0.848. The van der Waals surface area contributed by atoms with E-state index in [1.54, 1.807) is 6.20 Å². The lowest BCUT2D eigenvalue weighted by Crippen LogP contribution is -1.90. The minimum Gasteiger partial charge on any atom is -0.346 e. The summed E-state index contributed by atoms with van der Waals surface area (Å²) in [5.74, 6) is 6.51. The first-order valence-corrected chi connectivity index (χ1v) is 8.35. The Hall–Kier alpha value is -3.84. The third-order valence-electron chi connectivity index (χ3n) is 4.40. The van der Waals surface area contributed by atoms with Crippen LogP contribution in [0.1, 0.15) is 11.3 Å². The van der Waals surface area contributed by atoms with Crippen LogP contribution in [0.25, 0.3) is 27.8 Å². The Bertz CT molecular complexity index is 1280. The van der Waals surface area contributed by atoms with Crippen LogP contribution in [0.3, 0.4) is 0 Å². The molecule has 0 saturated heterocycles. The van der Waals surface area contributed by atoms with Gasteiger partial charge >= 0.3 is 0 Å². The molecule has 4 heteroatoms. The monoisotopic (exact) mass is 334 g/mol. The first-order chi connectivity index (χ1) is 12.9. The molecule has 0 aliphatic carbocycles. The van der Waals surface area contributed by atoms with E-state index >= 15 is 0 Å². The van der Waals surface area contributed by atoms with Gasteiger partial charge in [-0.25, -0.2) is 9.97 Å². The Morgan fingerprint density at radius 1 is 0.846 bits per heavy atom. The van der Waals surface area contributed by atoms with Gasteiger partial charge in [0.05, 0.1) is 6.20 Å². The zero-order valence-electron chi connectivity index (χ0n) is 13.8. The Morgan fingerprint density at radius 2 is 1.77 bits per heavy atom. The van der Waals surface area contributed by atoms with Crippen LogP contribution in [-0.2, 0) is 0 Å². The predicted octanol–water partition coefficient (Wildman–Crippen LogP) is 4.28. The van der Waals surface area contributed by atoms with Crippen molar-refractivity contribution in [3.05, 3.63) is 90.6 Å². The number of rotatable bonds is 1. The maximum Gasteiger partial charge on any atom is 0.138 e. The number of H-pyrrole nitrogens is 1. The largest absolute Gasteiger partial charge is 0.346 e. The van der Waals surface area contributed by atoms with E-state index in [1.165, 1.54) is 5.56 Å². The van der Waals surface area contributed by atoms with Gasteiger partial charge < -0.3 is 4.98 Å². The second-order valence-corrected chi connectivity index (χ2v) is 6.00. The molecule has 0 atom stereocenters. The van der Waals surface area contributed by atoms with Gasteiger partial charge in [-0.1, -0.05) is 36.3 Å². The molecule has 5 rings (SSSR count). The number of aromatic nitrogens is 4. The Kier molecular flexibility index (Phi) is 3.29. The van der Waals surface area contributed by atoms with Gasteiger partial charge in [-0.3, -0.25) is 4.40 Å². The Labute approximate surface area is 150 Å². The highest BCUT2D eigenvalue weighted by atomic mass is 15.0. The van der Waals surface area contributed by atoms with Gasteiger partial charge in [0.2, 0.25) is 0 Å². The molecule has 0 aliphatic heterocycles. The lowest BCUT2D eigenvalue weighted by molar-refractivity contribution is 1.16. The van der Waals surface area contributed by atoms with Gasteiger partial charge in [0, 0.05) is 29.5 Å². The number of pyridine rings is 2. The van der Waals surface area contributed by atoms with E-state index in [0.29, 0.717) is 0 Å². The molecule has 0 fully saturated rings. The topological polar surface area (TPSA) is 46.0 Å². The molecule has 26 heavy (non-hydrogen) atoms. The van der Waals surface area contributed by atoms with Crippen molar-refractivity contribution in [2.45, 2.75) is 0 Å². The molecule has 0 amide bonds. The van der Waals surface area contributed by atoms with Crippen molar-refractivity contribution in [1.29, 1.82) is 0 Å². The smallest absolute Gasteiger partial charge is 0.138 e. The molecule has 1 aromatic carbocycles. The molecular weight excluding hydrogens is 320 g/mol. The quantitative estimate of drug-likeness (QED) is 0.465. The fourth-order valence-electron chi connectivity index (χ4n) is 3.08. The summed E-state index contributed by atoms with van der Waals surface area (Å²) < 4.78 is 2.03. The maximum atomic E-state index is 4.46. The van der Waals surface area contributed by atoms with Crippen LogP contribution in [0.2, 0.25) is 0 Å². The van der Waals surface area contributed by atoms with Crippen molar-refractivity contribution in [1.82, 2.24) is 19.4 Å². The number of imidazole rings is 1. The highest BCUT2D eigenvalue weighted by Gasteiger charge is 2.04. The van der Waals surface area contributed by atoms with E-state index in [0.717, 1.165) is 33.5 Å². The van der Waals surface area contributed by atoms with E-state index in [-0.39, 0.29) is 0 Å².